The average molecular weight is 283 g/mol. The molecular weight excluding hydrogens is 266 g/mol. The minimum Gasteiger partial charge on any atom is -0.392 e. The first kappa shape index (κ1) is 13.7. The summed E-state index contributed by atoms with van der Waals surface area (Å²) < 4.78 is 1.78. The third-order valence-corrected chi connectivity index (χ3v) is 3.49. The van der Waals surface area contributed by atoms with Crippen LogP contribution in [0.1, 0.15) is 25.0 Å². The first-order valence-corrected chi connectivity index (χ1v) is 6.75. The highest BCUT2D eigenvalue weighted by atomic mass is 16.3. The van der Waals surface area contributed by atoms with Crippen LogP contribution in [0.15, 0.2) is 42.9 Å². The van der Waals surface area contributed by atoms with Gasteiger partial charge in [0.15, 0.2) is 0 Å². The summed E-state index contributed by atoms with van der Waals surface area (Å²) in [6.45, 7) is 3.46. The zero-order valence-corrected chi connectivity index (χ0v) is 12.0. The van der Waals surface area contributed by atoms with E-state index in [0.29, 0.717) is 0 Å². The second kappa shape index (κ2) is 4.95. The predicted molar refractivity (Wildman–Crippen MR) is 80.0 cm³/mol. The summed E-state index contributed by atoms with van der Waals surface area (Å²) in [6.07, 6.45) is 5.12. The van der Waals surface area contributed by atoms with Crippen molar-refractivity contribution in [3.8, 4) is 5.69 Å². The average Bonchev–Trinajstić information content (AvgIpc) is 2.89. The molecule has 0 unspecified atom stereocenters. The first-order valence-electron chi connectivity index (χ1n) is 6.75. The normalized spacial score (nSPS) is 12.0. The minimum atomic E-state index is -0.948. The smallest absolute Gasteiger partial charge is 0.0856 e. The molecule has 21 heavy (non-hydrogen) atoms. The number of aliphatic hydroxyl groups is 2. The van der Waals surface area contributed by atoms with E-state index in [0.717, 1.165) is 27.7 Å². The quantitative estimate of drug-likeness (QED) is 0.772. The van der Waals surface area contributed by atoms with Crippen molar-refractivity contribution in [2.24, 2.45) is 0 Å². The van der Waals surface area contributed by atoms with Gasteiger partial charge in [0.05, 0.1) is 35.8 Å². The summed E-state index contributed by atoms with van der Waals surface area (Å²) in [7, 11) is 0. The van der Waals surface area contributed by atoms with Crippen LogP contribution >= 0.6 is 0 Å². The van der Waals surface area contributed by atoms with Crippen LogP contribution in [0.2, 0.25) is 0 Å². The number of fused-ring (bicyclic) bond motifs is 1. The molecule has 0 radical (unpaired) electrons. The van der Waals surface area contributed by atoms with Crippen molar-refractivity contribution in [3.05, 3.63) is 54.0 Å². The van der Waals surface area contributed by atoms with Gasteiger partial charge >= 0.3 is 0 Å². The summed E-state index contributed by atoms with van der Waals surface area (Å²) in [5.74, 6) is 0. The lowest BCUT2D eigenvalue weighted by Gasteiger charge is -2.18. The Morgan fingerprint density at radius 3 is 2.67 bits per heavy atom. The van der Waals surface area contributed by atoms with Crippen molar-refractivity contribution in [2.45, 2.75) is 26.1 Å². The van der Waals surface area contributed by atoms with Crippen molar-refractivity contribution in [1.82, 2.24) is 14.8 Å². The number of hydrogen-bond donors (Lipinski definition) is 2. The molecule has 0 fully saturated rings. The molecule has 0 atom stereocenters. The summed E-state index contributed by atoms with van der Waals surface area (Å²) in [5.41, 5.74) is 2.36. The van der Waals surface area contributed by atoms with E-state index in [9.17, 15) is 10.2 Å². The zero-order valence-electron chi connectivity index (χ0n) is 12.0. The Bertz CT molecular complexity index is 788. The molecule has 0 amide bonds. The Morgan fingerprint density at radius 2 is 1.95 bits per heavy atom. The van der Waals surface area contributed by atoms with E-state index < -0.39 is 5.60 Å². The maximum Gasteiger partial charge on any atom is 0.0856 e. The molecule has 0 saturated carbocycles. The lowest BCUT2D eigenvalue weighted by Crippen LogP contribution is -2.16. The maximum absolute atomic E-state index is 10.1. The molecule has 2 aromatic heterocycles. The molecule has 3 aromatic rings. The van der Waals surface area contributed by atoms with Crippen LogP contribution in [-0.2, 0) is 12.2 Å². The molecule has 5 heteroatoms. The van der Waals surface area contributed by atoms with Gasteiger partial charge in [-0.3, -0.25) is 4.98 Å². The topological polar surface area (TPSA) is 71.2 Å². The Labute approximate surface area is 122 Å². The number of hydrogen-bond acceptors (Lipinski definition) is 4. The highest BCUT2D eigenvalue weighted by Gasteiger charge is 2.17. The van der Waals surface area contributed by atoms with Crippen molar-refractivity contribution >= 4 is 10.9 Å². The van der Waals surface area contributed by atoms with Gasteiger partial charge in [-0.15, -0.1) is 0 Å². The molecule has 5 nitrogen and oxygen atoms in total. The summed E-state index contributed by atoms with van der Waals surface area (Å²) in [5, 5.41) is 24.6. The van der Waals surface area contributed by atoms with Gasteiger partial charge in [0.2, 0.25) is 0 Å². The predicted octanol–water partition coefficient (Wildman–Crippen LogP) is 2.14. The molecule has 1 aromatic carbocycles. The van der Waals surface area contributed by atoms with Crippen LogP contribution in [0.25, 0.3) is 16.6 Å². The van der Waals surface area contributed by atoms with Gasteiger partial charge in [0, 0.05) is 17.1 Å². The van der Waals surface area contributed by atoms with Crippen LogP contribution < -0.4 is 0 Å². The van der Waals surface area contributed by atoms with Gasteiger partial charge < -0.3 is 10.2 Å². The molecule has 0 aliphatic rings. The van der Waals surface area contributed by atoms with Gasteiger partial charge in [-0.05, 0) is 37.6 Å². The van der Waals surface area contributed by atoms with Gasteiger partial charge in [0.25, 0.3) is 0 Å². The van der Waals surface area contributed by atoms with Gasteiger partial charge in [-0.2, -0.15) is 5.10 Å². The summed E-state index contributed by atoms with van der Waals surface area (Å²) in [6, 6.07) is 7.57. The number of benzene rings is 1. The molecule has 0 bridgehead atoms. The van der Waals surface area contributed by atoms with Crippen LogP contribution in [0, 0.1) is 0 Å². The lowest BCUT2D eigenvalue weighted by molar-refractivity contribution is 0.0782. The zero-order chi connectivity index (χ0) is 15.0. The van der Waals surface area contributed by atoms with Crippen LogP contribution in [0.5, 0.6) is 0 Å². The van der Waals surface area contributed by atoms with Crippen molar-refractivity contribution in [2.75, 3.05) is 0 Å². The fraction of sp³-hybridized carbons (Fsp3) is 0.250. The minimum absolute atomic E-state index is 0.0108. The number of aliphatic hydroxyl groups excluding tert-OH is 1. The highest BCUT2D eigenvalue weighted by Crippen LogP contribution is 2.23. The van der Waals surface area contributed by atoms with Crippen LogP contribution in [-0.4, -0.2) is 25.0 Å². The second-order valence-electron chi connectivity index (χ2n) is 5.60. The Balaban J connectivity index is 2.13. The molecule has 2 heterocycles. The molecule has 2 N–H and O–H groups in total. The molecule has 0 spiro atoms. The fourth-order valence-electron chi connectivity index (χ4n) is 2.26. The standard InChI is InChI=1S/C16H17N3O2/c1-16(2,21)13-6-14(9-17-8-13)19-15-4-3-11(10-20)5-12(15)7-18-19/h3-9,20-21H,10H2,1-2H3. The van der Waals surface area contributed by atoms with E-state index in [1.54, 1.807) is 37.1 Å². The Hall–Kier alpha value is -2.24. The largest absolute Gasteiger partial charge is 0.392 e. The SMILES string of the molecule is CC(C)(O)c1cncc(-n2ncc3cc(CO)ccc32)c1. The van der Waals surface area contributed by atoms with Crippen LogP contribution in [0.4, 0.5) is 0 Å². The van der Waals surface area contributed by atoms with E-state index in [-0.39, 0.29) is 6.61 Å². The third-order valence-electron chi connectivity index (χ3n) is 3.49. The maximum atomic E-state index is 10.1. The van der Waals surface area contributed by atoms with E-state index in [2.05, 4.69) is 10.1 Å². The van der Waals surface area contributed by atoms with E-state index in [4.69, 9.17) is 0 Å². The number of aromatic nitrogens is 3. The third kappa shape index (κ3) is 2.53. The van der Waals surface area contributed by atoms with Crippen molar-refractivity contribution in [3.63, 3.8) is 0 Å². The summed E-state index contributed by atoms with van der Waals surface area (Å²) >= 11 is 0. The number of rotatable bonds is 3. The molecule has 0 aliphatic carbocycles. The molecule has 3 rings (SSSR count). The second-order valence-corrected chi connectivity index (χ2v) is 5.60. The molecular formula is C16H17N3O2. The number of pyridine rings is 1. The molecule has 0 aliphatic heterocycles. The highest BCUT2D eigenvalue weighted by molar-refractivity contribution is 5.81. The summed E-state index contributed by atoms with van der Waals surface area (Å²) in [4.78, 5) is 4.19. The van der Waals surface area contributed by atoms with Crippen molar-refractivity contribution < 1.29 is 10.2 Å². The van der Waals surface area contributed by atoms with Gasteiger partial charge in [-0.1, -0.05) is 6.07 Å². The fourth-order valence-corrected chi connectivity index (χ4v) is 2.26. The molecule has 108 valence electrons. The van der Waals surface area contributed by atoms with Gasteiger partial charge in [-0.25, -0.2) is 4.68 Å². The van der Waals surface area contributed by atoms with E-state index in [1.165, 1.54) is 0 Å². The Morgan fingerprint density at radius 1 is 1.14 bits per heavy atom. The van der Waals surface area contributed by atoms with Crippen LogP contribution in [0.3, 0.4) is 0 Å². The monoisotopic (exact) mass is 283 g/mol. The van der Waals surface area contributed by atoms with E-state index >= 15 is 0 Å². The first-order chi connectivity index (χ1) is 9.99. The van der Waals surface area contributed by atoms with Gasteiger partial charge in [0.1, 0.15) is 0 Å². The Kier molecular flexibility index (Phi) is 3.23. The van der Waals surface area contributed by atoms with Crippen molar-refractivity contribution in [1.29, 1.82) is 0 Å². The molecule has 0 saturated heterocycles. The van der Waals surface area contributed by atoms with E-state index in [1.807, 2.05) is 24.3 Å². The lowest BCUT2D eigenvalue weighted by atomic mass is 10.0. The number of nitrogens with zero attached hydrogens (tertiary/aromatic N) is 3.